The maximum absolute atomic E-state index is 11.9. The van der Waals surface area contributed by atoms with Crippen molar-refractivity contribution in [2.75, 3.05) is 19.0 Å². The molecule has 0 unspecified atom stereocenters. The maximum Gasteiger partial charge on any atom is 0.368 e. The molecule has 2 aromatic carbocycles. The molecule has 4 nitrogen and oxygen atoms in total. The summed E-state index contributed by atoms with van der Waals surface area (Å²) in [5.74, 6) is -0.429. The van der Waals surface area contributed by atoms with Gasteiger partial charge in [0.1, 0.15) is 5.71 Å². The van der Waals surface area contributed by atoms with Gasteiger partial charge < -0.3 is 9.74 Å². The van der Waals surface area contributed by atoms with Gasteiger partial charge in [-0.25, -0.2) is 4.79 Å². The zero-order valence-electron chi connectivity index (χ0n) is 13.6. The first-order valence-corrected chi connectivity index (χ1v) is 7.66. The topological polar surface area (TPSA) is 41.9 Å². The van der Waals surface area contributed by atoms with E-state index in [2.05, 4.69) is 5.16 Å². The molecule has 0 spiro atoms. The summed E-state index contributed by atoms with van der Waals surface area (Å²) in [4.78, 5) is 18.7. The van der Waals surface area contributed by atoms with Gasteiger partial charge in [-0.15, -0.1) is 0 Å². The fourth-order valence-electron chi connectivity index (χ4n) is 2.37. The number of nitrogens with zero attached hydrogens (tertiary/aromatic N) is 2. The van der Waals surface area contributed by atoms with Crippen LogP contribution in [-0.4, -0.2) is 25.8 Å². The Bertz CT molecular complexity index is 816. The molecule has 24 heavy (non-hydrogen) atoms. The molecule has 3 rings (SSSR count). The van der Waals surface area contributed by atoms with E-state index in [4.69, 9.17) is 4.84 Å². The Morgan fingerprint density at radius 3 is 2.38 bits per heavy atom. The second-order valence-electron chi connectivity index (χ2n) is 5.61. The third kappa shape index (κ3) is 3.43. The van der Waals surface area contributed by atoms with Crippen molar-refractivity contribution < 1.29 is 9.63 Å². The van der Waals surface area contributed by atoms with Gasteiger partial charge in [0.25, 0.3) is 0 Å². The summed E-state index contributed by atoms with van der Waals surface area (Å²) in [5.41, 5.74) is 4.08. The highest BCUT2D eigenvalue weighted by atomic mass is 16.7. The van der Waals surface area contributed by atoms with Crippen LogP contribution in [0.1, 0.15) is 11.1 Å². The van der Waals surface area contributed by atoms with Crippen LogP contribution in [0.25, 0.3) is 6.08 Å². The van der Waals surface area contributed by atoms with E-state index in [0.717, 1.165) is 16.8 Å². The molecule has 4 heteroatoms. The van der Waals surface area contributed by atoms with Crippen LogP contribution in [0.5, 0.6) is 0 Å². The minimum absolute atomic E-state index is 0.429. The highest BCUT2D eigenvalue weighted by Crippen LogP contribution is 2.18. The molecule has 0 atom stereocenters. The molecule has 0 aliphatic carbocycles. The van der Waals surface area contributed by atoms with Crippen molar-refractivity contribution in [2.45, 2.75) is 0 Å². The lowest BCUT2D eigenvalue weighted by Crippen LogP contribution is -2.07. The van der Waals surface area contributed by atoms with E-state index < -0.39 is 5.97 Å². The molecule has 0 N–H and O–H groups in total. The molecule has 0 radical (unpaired) electrons. The minimum atomic E-state index is -0.429. The molecule has 1 heterocycles. The Labute approximate surface area is 141 Å². The van der Waals surface area contributed by atoms with Gasteiger partial charge >= 0.3 is 5.97 Å². The Hall–Kier alpha value is -3.14. The summed E-state index contributed by atoms with van der Waals surface area (Å²) < 4.78 is 0. The van der Waals surface area contributed by atoms with Crippen molar-refractivity contribution in [3.05, 3.63) is 83.4 Å². The quantitative estimate of drug-likeness (QED) is 0.638. The summed E-state index contributed by atoms with van der Waals surface area (Å²) in [6, 6.07) is 17.7. The highest BCUT2D eigenvalue weighted by Gasteiger charge is 2.25. The Balaban J connectivity index is 1.79. The lowest BCUT2D eigenvalue weighted by atomic mass is 10.0. The molecule has 0 amide bonds. The first kappa shape index (κ1) is 15.7. The van der Waals surface area contributed by atoms with Crippen LogP contribution < -0.4 is 4.90 Å². The van der Waals surface area contributed by atoms with Crippen molar-refractivity contribution in [1.29, 1.82) is 0 Å². The van der Waals surface area contributed by atoms with Gasteiger partial charge in [-0.1, -0.05) is 59.8 Å². The molecule has 0 fully saturated rings. The maximum atomic E-state index is 11.9. The molecular formula is C20H18N2O2. The smallest absolute Gasteiger partial charge is 0.368 e. The number of oxime groups is 1. The third-order valence-corrected chi connectivity index (χ3v) is 3.70. The molecule has 0 bridgehead atoms. The summed E-state index contributed by atoms with van der Waals surface area (Å²) in [5, 5.41) is 3.88. The van der Waals surface area contributed by atoms with Crippen LogP contribution in [0.3, 0.4) is 0 Å². The molecule has 0 aromatic heterocycles. The third-order valence-electron chi connectivity index (χ3n) is 3.70. The Morgan fingerprint density at radius 2 is 1.71 bits per heavy atom. The normalized spacial score (nSPS) is 15.7. The van der Waals surface area contributed by atoms with E-state index >= 15 is 0 Å². The van der Waals surface area contributed by atoms with E-state index in [0.29, 0.717) is 11.3 Å². The van der Waals surface area contributed by atoms with Crippen molar-refractivity contribution in [3.63, 3.8) is 0 Å². The second kappa shape index (κ2) is 6.96. The average molecular weight is 318 g/mol. The zero-order chi connectivity index (χ0) is 16.9. The van der Waals surface area contributed by atoms with E-state index in [1.807, 2.05) is 85.7 Å². The Morgan fingerprint density at radius 1 is 1.00 bits per heavy atom. The predicted molar refractivity (Wildman–Crippen MR) is 97.0 cm³/mol. The summed E-state index contributed by atoms with van der Waals surface area (Å²) >= 11 is 0. The highest BCUT2D eigenvalue weighted by molar-refractivity contribution is 6.29. The molecule has 1 aliphatic heterocycles. The summed E-state index contributed by atoms with van der Waals surface area (Å²) in [6.07, 6.45) is 5.52. The monoisotopic (exact) mass is 318 g/mol. The molecule has 120 valence electrons. The van der Waals surface area contributed by atoms with Gasteiger partial charge in [-0.2, -0.15) is 0 Å². The molecular weight excluding hydrogens is 300 g/mol. The standard InChI is InChI=1S/C20H18N2O2/c1-22(2)17-13-11-15(12-14-17)7-6-10-18-19(21-24-20(18)23)16-8-4-3-5-9-16/h3-14H,1-2H3/b7-6+,18-10+. The molecule has 0 saturated heterocycles. The van der Waals surface area contributed by atoms with Crippen LogP contribution >= 0.6 is 0 Å². The van der Waals surface area contributed by atoms with Crippen LogP contribution in [0.4, 0.5) is 5.69 Å². The second-order valence-corrected chi connectivity index (χ2v) is 5.61. The fourth-order valence-corrected chi connectivity index (χ4v) is 2.37. The summed E-state index contributed by atoms with van der Waals surface area (Å²) in [7, 11) is 4.01. The number of anilines is 1. The first-order chi connectivity index (χ1) is 11.6. The van der Waals surface area contributed by atoms with Gasteiger partial charge in [-0.05, 0) is 23.8 Å². The SMILES string of the molecule is CN(C)c1ccc(/C=C/C=C2/C(=O)ON=C2c2ccccc2)cc1. The zero-order valence-corrected chi connectivity index (χ0v) is 13.6. The van der Waals surface area contributed by atoms with Crippen LogP contribution in [0, 0.1) is 0 Å². The first-order valence-electron chi connectivity index (χ1n) is 7.66. The largest absolute Gasteiger partial charge is 0.378 e. The Kier molecular flexibility index (Phi) is 4.57. The van der Waals surface area contributed by atoms with Crippen molar-refractivity contribution in [2.24, 2.45) is 5.16 Å². The number of hydrogen-bond acceptors (Lipinski definition) is 4. The van der Waals surface area contributed by atoms with Crippen molar-refractivity contribution >= 4 is 23.4 Å². The number of carbonyl (C=O) groups excluding carboxylic acids is 1. The van der Waals surface area contributed by atoms with Gasteiger partial charge in [0.2, 0.25) is 0 Å². The number of carbonyl (C=O) groups is 1. The number of rotatable bonds is 4. The van der Waals surface area contributed by atoms with Crippen LogP contribution in [0.2, 0.25) is 0 Å². The van der Waals surface area contributed by atoms with Crippen molar-refractivity contribution in [1.82, 2.24) is 0 Å². The minimum Gasteiger partial charge on any atom is -0.378 e. The number of allylic oxidation sites excluding steroid dienone is 2. The molecule has 1 aliphatic rings. The van der Waals surface area contributed by atoms with Crippen LogP contribution in [-0.2, 0) is 9.63 Å². The van der Waals surface area contributed by atoms with E-state index in [-0.39, 0.29) is 0 Å². The van der Waals surface area contributed by atoms with E-state index in [9.17, 15) is 4.79 Å². The van der Waals surface area contributed by atoms with Gasteiger partial charge in [0, 0.05) is 25.3 Å². The van der Waals surface area contributed by atoms with E-state index in [1.165, 1.54) is 0 Å². The van der Waals surface area contributed by atoms with E-state index in [1.54, 1.807) is 6.08 Å². The summed E-state index contributed by atoms with van der Waals surface area (Å²) in [6.45, 7) is 0. The van der Waals surface area contributed by atoms with Crippen molar-refractivity contribution in [3.8, 4) is 0 Å². The predicted octanol–water partition coefficient (Wildman–Crippen LogP) is 3.65. The average Bonchev–Trinajstić information content (AvgIpc) is 2.97. The van der Waals surface area contributed by atoms with Gasteiger partial charge in [-0.3, -0.25) is 0 Å². The van der Waals surface area contributed by atoms with Gasteiger partial charge in [0.15, 0.2) is 0 Å². The lowest BCUT2D eigenvalue weighted by molar-refractivity contribution is -0.136. The molecule has 0 saturated carbocycles. The fraction of sp³-hybridized carbons (Fsp3) is 0.100. The number of benzene rings is 2. The van der Waals surface area contributed by atoms with Crippen LogP contribution in [0.15, 0.2) is 77.5 Å². The molecule has 2 aromatic rings. The number of hydrogen-bond donors (Lipinski definition) is 0. The lowest BCUT2D eigenvalue weighted by Gasteiger charge is -2.11. The van der Waals surface area contributed by atoms with Gasteiger partial charge in [0.05, 0.1) is 5.57 Å².